The highest BCUT2D eigenvalue weighted by atomic mass is 16.2. The van der Waals surface area contributed by atoms with Crippen molar-refractivity contribution in [3.05, 3.63) is 42.7 Å². The van der Waals surface area contributed by atoms with Crippen LogP contribution in [-0.2, 0) is 11.3 Å². The molecule has 23 heavy (non-hydrogen) atoms. The number of carbonyl (C=O) groups is 1. The van der Waals surface area contributed by atoms with Crippen molar-refractivity contribution >= 4 is 5.91 Å². The van der Waals surface area contributed by atoms with Crippen molar-refractivity contribution in [1.29, 1.82) is 0 Å². The van der Waals surface area contributed by atoms with Gasteiger partial charge in [-0.2, -0.15) is 5.10 Å². The lowest BCUT2D eigenvalue weighted by molar-refractivity contribution is -0.125. The second kappa shape index (κ2) is 7.32. The Morgan fingerprint density at radius 3 is 2.87 bits per heavy atom. The number of piperidine rings is 1. The molecule has 1 atom stereocenters. The van der Waals surface area contributed by atoms with Gasteiger partial charge in [-0.3, -0.25) is 14.7 Å². The number of amides is 1. The fraction of sp³-hybridized carbons (Fsp3) is 0.500. The third-order valence-corrected chi connectivity index (χ3v) is 4.26. The van der Waals surface area contributed by atoms with E-state index in [1.807, 2.05) is 31.3 Å². The summed E-state index contributed by atoms with van der Waals surface area (Å²) in [4.78, 5) is 22.9. The first kappa shape index (κ1) is 15.6. The third kappa shape index (κ3) is 4.13. The number of nitrogens with zero attached hydrogens (tertiary/aromatic N) is 5. The first-order chi connectivity index (χ1) is 11.2. The van der Waals surface area contributed by atoms with Crippen LogP contribution in [-0.4, -0.2) is 49.7 Å². The second-order valence-electron chi connectivity index (χ2n) is 5.93. The lowest BCUT2D eigenvalue weighted by Crippen LogP contribution is -2.46. The molecule has 7 heteroatoms. The molecule has 0 bridgehead atoms. The summed E-state index contributed by atoms with van der Waals surface area (Å²) in [5.74, 6) is -0.00123. The summed E-state index contributed by atoms with van der Waals surface area (Å²) < 4.78 is 1.57. The Labute approximate surface area is 135 Å². The molecule has 2 aromatic heterocycles. The van der Waals surface area contributed by atoms with Gasteiger partial charge in [0.15, 0.2) is 0 Å². The predicted octanol–water partition coefficient (Wildman–Crippen LogP) is 1.01. The van der Waals surface area contributed by atoms with Gasteiger partial charge in [0, 0.05) is 31.9 Å². The molecular weight excluding hydrogens is 292 g/mol. The quantitative estimate of drug-likeness (QED) is 0.891. The summed E-state index contributed by atoms with van der Waals surface area (Å²) in [6.45, 7) is 4.65. The smallest absolute Gasteiger partial charge is 0.244 e. The lowest BCUT2D eigenvalue weighted by atomic mass is 10.0. The maximum Gasteiger partial charge on any atom is 0.244 e. The molecule has 1 N–H and O–H groups in total. The summed E-state index contributed by atoms with van der Waals surface area (Å²) in [7, 11) is 0. The molecule has 0 saturated carbocycles. The maximum atomic E-state index is 12.3. The van der Waals surface area contributed by atoms with Gasteiger partial charge in [-0.1, -0.05) is 6.07 Å². The standard InChI is InChI=1S/C16H22N6O/c1-13(22-12-17-11-19-22)16(23)20-14-5-8-21(9-6-14)10-15-4-2-3-7-18-15/h2-4,7,11-14H,5-6,8-10H2,1H3,(H,20,23)/t13-/m0/s1. The Bertz CT molecular complexity index is 607. The molecule has 0 unspecified atom stereocenters. The van der Waals surface area contributed by atoms with Gasteiger partial charge in [0.1, 0.15) is 18.7 Å². The minimum absolute atomic E-state index is 0.00123. The first-order valence-corrected chi connectivity index (χ1v) is 7.99. The van der Waals surface area contributed by atoms with E-state index < -0.39 is 0 Å². The first-order valence-electron chi connectivity index (χ1n) is 7.99. The normalized spacial score (nSPS) is 17.8. The molecule has 122 valence electrons. The molecule has 0 aromatic carbocycles. The van der Waals surface area contributed by atoms with E-state index in [1.165, 1.54) is 6.33 Å². The van der Waals surface area contributed by atoms with Gasteiger partial charge in [0.2, 0.25) is 5.91 Å². The second-order valence-corrected chi connectivity index (χ2v) is 5.93. The zero-order chi connectivity index (χ0) is 16.1. The van der Waals surface area contributed by atoms with Crippen LogP contribution in [0.4, 0.5) is 0 Å². The molecule has 1 saturated heterocycles. The number of nitrogens with one attached hydrogen (secondary N) is 1. The monoisotopic (exact) mass is 314 g/mol. The average molecular weight is 314 g/mol. The molecule has 7 nitrogen and oxygen atoms in total. The summed E-state index contributed by atoms with van der Waals surface area (Å²) in [6, 6.07) is 5.90. The number of hydrogen-bond acceptors (Lipinski definition) is 5. The highest BCUT2D eigenvalue weighted by Crippen LogP contribution is 2.14. The number of carbonyl (C=O) groups excluding carboxylic acids is 1. The summed E-state index contributed by atoms with van der Waals surface area (Å²) in [5, 5.41) is 7.14. The zero-order valence-corrected chi connectivity index (χ0v) is 13.3. The van der Waals surface area contributed by atoms with E-state index in [0.717, 1.165) is 38.2 Å². The van der Waals surface area contributed by atoms with E-state index >= 15 is 0 Å². The molecule has 1 fully saturated rings. The molecule has 1 amide bonds. The van der Waals surface area contributed by atoms with E-state index in [0.29, 0.717) is 0 Å². The number of pyridine rings is 1. The molecule has 1 aliphatic heterocycles. The molecule has 1 aliphatic rings. The largest absolute Gasteiger partial charge is 0.351 e. The van der Waals surface area contributed by atoms with Crippen LogP contribution in [0.2, 0.25) is 0 Å². The minimum atomic E-state index is -0.330. The Morgan fingerprint density at radius 2 is 2.22 bits per heavy atom. The Balaban J connectivity index is 1.45. The molecule has 2 aromatic rings. The highest BCUT2D eigenvalue weighted by Gasteiger charge is 2.23. The van der Waals surface area contributed by atoms with E-state index in [9.17, 15) is 4.79 Å². The number of rotatable bonds is 5. The Kier molecular flexibility index (Phi) is 4.97. The van der Waals surface area contributed by atoms with Crippen LogP contribution >= 0.6 is 0 Å². The third-order valence-electron chi connectivity index (χ3n) is 4.26. The molecule has 0 aliphatic carbocycles. The van der Waals surface area contributed by atoms with E-state index in [1.54, 1.807) is 11.0 Å². The number of hydrogen-bond donors (Lipinski definition) is 1. The topological polar surface area (TPSA) is 75.9 Å². The van der Waals surface area contributed by atoms with Crippen LogP contribution in [0.15, 0.2) is 37.1 Å². The van der Waals surface area contributed by atoms with Gasteiger partial charge in [-0.25, -0.2) is 9.67 Å². The van der Waals surface area contributed by atoms with Crippen LogP contribution in [0.5, 0.6) is 0 Å². The van der Waals surface area contributed by atoms with Crippen LogP contribution in [0.1, 0.15) is 31.5 Å². The minimum Gasteiger partial charge on any atom is -0.351 e. The van der Waals surface area contributed by atoms with Gasteiger partial charge in [0.25, 0.3) is 0 Å². The van der Waals surface area contributed by atoms with Crippen LogP contribution in [0.25, 0.3) is 0 Å². The summed E-state index contributed by atoms with van der Waals surface area (Å²) >= 11 is 0. The van der Waals surface area contributed by atoms with Crippen LogP contribution in [0.3, 0.4) is 0 Å². The summed E-state index contributed by atoms with van der Waals surface area (Å²) in [6.07, 6.45) is 6.76. The van der Waals surface area contributed by atoms with Crippen molar-refractivity contribution < 1.29 is 4.79 Å². The van der Waals surface area contributed by atoms with Crippen molar-refractivity contribution in [2.75, 3.05) is 13.1 Å². The van der Waals surface area contributed by atoms with Crippen molar-refractivity contribution in [1.82, 2.24) is 30.0 Å². The number of likely N-dealkylation sites (tertiary alicyclic amines) is 1. The van der Waals surface area contributed by atoms with Crippen molar-refractivity contribution in [3.63, 3.8) is 0 Å². The van der Waals surface area contributed by atoms with E-state index in [2.05, 4.69) is 25.3 Å². The molecule has 3 heterocycles. The van der Waals surface area contributed by atoms with Crippen LogP contribution in [0, 0.1) is 0 Å². The van der Waals surface area contributed by atoms with Gasteiger partial charge in [0.05, 0.1) is 5.69 Å². The average Bonchev–Trinajstić information content (AvgIpc) is 3.11. The van der Waals surface area contributed by atoms with Crippen LogP contribution < -0.4 is 5.32 Å². The van der Waals surface area contributed by atoms with Crippen molar-refractivity contribution in [3.8, 4) is 0 Å². The van der Waals surface area contributed by atoms with Crippen molar-refractivity contribution in [2.24, 2.45) is 0 Å². The molecular formula is C16H22N6O. The number of aromatic nitrogens is 4. The van der Waals surface area contributed by atoms with Crippen molar-refractivity contribution in [2.45, 2.75) is 38.4 Å². The Hall–Kier alpha value is -2.28. The predicted molar refractivity (Wildman–Crippen MR) is 85.4 cm³/mol. The fourth-order valence-corrected chi connectivity index (χ4v) is 2.82. The van der Waals surface area contributed by atoms with E-state index in [4.69, 9.17) is 0 Å². The SMILES string of the molecule is C[C@@H](C(=O)NC1CCN(Cc2ccccn2)CC1)n1cncn1. The molecule has 0 spiro atoms. The van der Waals surface area contributed by atoms with Gasteiger partial charge >= 0.3 is 0 Å². The highest BCUT2D eigenvalue weighted by molar-refractivity contribution is 5.80. The lowest BCUT2D eigenvalue weighted by Gasteiger charge is -2.32. The fourth-order valence-electron chi connectivity index (χ4n) is 2.82. The van der Waals surface area contributed by atoms with E-state index in [-0.39, 0.29) is 18.0 Å². The zero-order valence-electron chi connectivity index (χ0n) is 13.3. The van der Waals surface area contributed by atoms with Gasteiger partial charge < -0.3 is 5.32 Å². The summed E-state index contributed by atoms with van der Waals surface area (Å²) in [5.41, 5.74) is 1.09. The molecule has 0 radical (unpaired) electrons. The maximum absolute atomic E-state index is 12.3. The van der Waals surface area contributed by atoms with Gasteiger partial charge in [-0.05, 0) is 31.9 Å². The Morgan fingerprint density at radius 1 is 1.39 bits per heavy atom. The van der Waals surface area contributed by atoms with Gasteiger partial charge in [-0.15, -0.1) is 0 Å². The molecule has 3 rings (SSSR count).